The van der Waals surface area contributed by atoms with E-state index in [0.717, 1.165) is 19.3 Å². The highest BCUT2D eigenvalue weighted by Crippen LogP contribution is 2.32. The van der Waals surface area contributed by atoms with Gasteiger partial charge in [-0.3, -0.25) is 9.59 Å². The number of nitrogens with one attached hydrogen (secondary N) is 2. The van der Waals surface area contributed by atoms with Gasteiger partial charge in [0, 0.05) is 30.4 Å². The summed E-state index contributed by atoms with van der Waals surface area (Å²) in [6.45, 7) is 0.0110. The zero-order valence-electron chi connectivity index (χ0n) is 12.1. The average Bonchev–Trinajstić information content (AvgIpc) is 2.39. The molecule has 0 saturated heterocycles. The van der Waals surface area contributed by atoms with Gasteiger partial charge in [-0.05, 0) is 43.5 Å². The molecule has 114 valence electrons. The highest BCUT2D eigenvalue weighted by Gasteiger charge is 2.34. The van der Waals surface area contributed by atoms with E-state index in [9.17, 15) is 9.59 Å². The van der Waals surface area contributed by atoms with Gasteiger partial charge in [-0.1, -0.05) is 0 Å². The lowest BCUT2D eigenvalue weighted by atomic mass is 9.75. The van der Waals surface area contributed by atoms with Gasteiger partial charge < -0.3 is 21.1 Å². The first-order valence-electron chi connectivity index (χ1n) is 6.98. The van der Waals surface area contributed by atoms with Gasteiger partial charge in [0.25, 0.3) is 0 Å². The first-order chi connectivity index (χ1) is 10.0. The van der Waals surface area contributed by atoms with Crippen LogP contribution in [0.15, 0.2) is 24.3 Å². The summed E-state index contributed by atoms with van der Waals surface area (Å²) in [6.07, 6.45) is 3.26. The summed E-state index contributed by atoms with van der Waals surface area (Å²) >= 11 is 0. The van der Waals surface area contributed by atoms with Crippen LogP contribution in [0.1, 0.15) is 25.7 Å². The van der Waals surface area contributed by atoms with Crippen LogP contribution in [0.2, 0.25) is 0 Å². The van der Waals surface area contributed by atoms with Gasteiger partial charge in [0.15, 0.2) is 0 Å². The number of carbonyl (C=O) groups excluding carboxylic acids is 2. The molecule has 1 aliphatic rings. The largest absolute Gasteiger partial charge is 0.375 e. The fraction of sp³-hybridized carbons (Fsp3) is 0.467. The third kappa shape index (κ3) is 4.54. The summed E-state index contributed by atoms with van der Waals surface area (Å²) < 4.78 is 4.73. The minimum Gasteiger partial charge on any atom is -0.375 e. The maximum atomic E-state index is 11.9. The molecule has 0 heterocycles. The molecule has 6 heteroatoms. The maximum absolute atomic E-state index is 11.9. The molecular weight excluding hydrogens is 270 g/mol. The lowest BCUT2D eigenvalue weighted by Crippen LogP contribution is -2.48. The molecule has 0 aliphatic heterocycles. The molecule has 6 nitrogen and oxygen atoms in total. The van der Waals surface area contributed by atoms with Crippen molar-refractivity contribution in [3.63, 3.8) is 0 Å². The number of methoxy groups -OCH3 is 1. The van der Waals surface area contributed by atoms with E-state index >= 15 is 0 Å². The lowest BCUT2D eigenvalue weighted by Gasteiger charge is -2.37. The minimum absolute atomic E-state index is 0.0110. The number of rotatable bonds is 6. The number of nitrogens with two attached hydrogens (primary N) is 1. The van der Waals surface area contributed by atoms with Crippen LogP contribution < -0.4 is 16.4 Å². The molecule has 0 bridgehead atoms. The molecule has 21 heavy (non-hydrogen) atoms. The molecule has 0 unspecified atom stereocenters. The van der Waals surface area contributed by atoms with Gasteiger partial charge in [-0.25, -0.2) is 0 Å². The topological polar surface area (TPSA) is 93.5 Å². The second-order valence-corrected chi connectivity index (χ2v) is 5.50. The van der Waals surface area contributed by atoms with E-state index in [1.165, 1.54) is 7.11 Å². The quantitative estimate of drug-likeness (QED) is 0.740. The summed E-state index contributed by atoms with van der Waals surface area (Å²) in [5, 5.41) is 5.50. The minimum atomic E-state index is -0.321. The lowest BCUT2D eigenvalue weighted by molar-refractivity contribution is -0.120. The van der Waals surface area contributed by atoms with Crippen LogP contribution in [-0.4, -0.2) is 31.1 Å². The Balaban J connectivity index is 1.84. The zero-order valence-corrected chi connectivity index (χ0v) is 12.1. The molecule has 2 rings (SSSR count). The standard InChI is InChI=1S/C15H21N3O3/c1-21-10-14(20)18-12-5-3-11(4-6-12)17-13(19)9-15(16)7-2-8-15/h3-6H,2,7-10,16H2,1H3,(H,17,19)(H,18,20). The predicted molar refractivity (Wildman–Crippen MR) is 81.0 cm³/mol. The molecule has 0 radical (unpaired) electrons. The summed E-state index contributed by atoms with van der Waals surface area (Å²) in [5.74, 6) is -0.294. The van der Waals surface area contributed by atoms with E-state index in [-0.39, 0.29) is 24.0 Å². The van der Waals surface area contributed by atoms with Crippen molar-refractivity contribution in [2.75, 3.05) is 24.4 Å². The van der Waals surface area contributed by atoms with Crippen LogP contribution in [0.3, 0.4) is 0 Å². The fourth-order valence-electron chi connectivity index (χ4n) is 2.30. The fourth-order valence-corrected chi connectivity index (χ4v) is 2.30. The van der Waals surface area contributed by atoms with E-state index in [1.54, 1.807) is 24.3 Å². The Morgan fingerprint density at radius 2 is 1.67 bits per heavy atom. The zero-order chi connectivity index (χ0) is 15.3. The maximum Gasteiger partial charge on any atom is 0.250 e. The van der Waals surface area contributed by atoms with E-state index in [4.69, 9.17) is 10.5 Å². The van der Waals surface area contributed by atoms with Crippen LogP contribution in [0.25, 0.3) is 0 Å². The van der Waals surface area contributed by atoms with E-state index in [0.29, 0.717) is 17.8 Å². The smallest absolute Gasteiger partial charge is 0.250 e. The van der Waals surface area contributed by atoms with Gasteiger partial charge in [0.1, 0.15) is 6.61 Å². The monoisotopic (exact) mass is 291 g/mol. The van der Waals surface area contributed by atoms with Crippen LogP contribution in [-0.2, 0) is 14.3 Å². The van der Waals surface area contributed by atoms with Crippen LogP contribution in [0.4, 0.5) is 11.4 Å². The molecule has 1 aromatic carbocycles. The van der Waals surface area contributed by atoms with Crippen molar-refractivity contribution in [3.05, 3.63) is 24.3 Å². The molecule has 4 N–H and O–H groups in total. The van der Waals surface area contributed by atoms with Crippen LogP contribution >= 0.6 is 0 Å². The van der Waals surface area contributed by atoms with Gasteiger partial charge in [0.2, 0.25) is 11.8 Å². The van der Waals surface area contributed by atoms with Crippen molar-refractivity contribution >= 4 is 23.2 Å². The number of ether oxygens (including phenoxy) is 1. The molecule has 2 amide bonds. The van der Waals surface area contributed by atoms with E-state index in [1.807, 2.05) is 0 Å². The number of anilines is 2. The Labute approximate surface area is 124 Å². The second-order valence-electron chi connectivity index (χ2n) is 5.50. The molecule has 1 aliphatic carbocycles. The van der Waals surface area contributed by atoms with Crippen molar-refractivity contribution < 1.29 is 14.3 Å². The molecule has 1 fully saturated rings. The van der Waals surface area contributed by atoms with E-state index < -0.39 is 0 Å². The first-order valence-corrected chi connectivity index (χ1v) is 6.98. The predicted octanol–water partition coefficient (Wildman–Crippen LogP) is 1.48. The van der Waals surface area contributed by atoms with Gasteiger partial charge in [-0.2, -0.15) is 0 Å². The highest BCUT2D eigenvalue weighted by molar-refractivity contribution is 5.93. The van der Waals surface area contributed by atoms with Crippen LogP contribution in [0, 0.1) is 0 Å². The third-order valence-electron chi connectivity index (χ3n) is 3.59. The number of hydrogen-bond donors (Lipinski definition) is 3. The van der Waals surface area contributed by atoms with Crippen molar-refractivity contribution in [2.45, 2.75) is 31.2 Å². The molecule has 0 spiro atoms. The average molecular weight is 291 g/mol. The second kappa shape index (κ2) is 6.69. The molecular formula is C15H21N3O3. The number of benzene rings is 1. The molecule has 0 atom stereocenters. The van der Waals surface area contributed by atoms with E-state index in [2.05, 4.69) is 10.6 Å². The normalized spacial score (nSPS) is 15.9. The van der Waals surface area contributed by atoms with Crippen molar-refractivity contribution in [1.29, 1.82) is 0 Å². The third-order valence-corrected chi connectivity index (χ3v) is 3.59. The number of hydrogen-bond acceptors (Lipinski definition) is 4. The Hall–Kier alpha value is -1.92. The summed E-state index contributed by atoms with van der Waals surface area (Å²) in [5.41, 5.74) is 7.07. The SMILES string of the molecule is COCC(=O)Nc1ccc(NC(=O)CC2(N)CCC2)cc1. The Bertz CT molecular complexity index is 509. The first kappa shape index (κ1) is 15.5. The summed E-state index contributed by atoms with van der Waals surface area (Å²) in [7, 11) is 1.46. The van der Waals surface area contributed by atoms with Gasteiger partial charge in [-0.15, -0.1) is 0 Å². The Kier molecular flexibility index (Phi) is 4.93. The molecule has 1 aromatic rings. The van der Waals surface area contributed by atoms with Gasteiger partial charge >= 0.3 is 0 Å². The van der Waals surface area contributed by atoms with Crippen LogP contribution in [0.5, 0.6) is 0 Å². The Morgan fingerprint density at radius 1 is 1.14 bits per heavy atom. The number of amides is 2. The summed E-state index contributed by atoms with van der Waals surface area (Å²) in [4.78, 5) is 23.2. The molecule has 1 saturated carbocycles. The van der Waals surface area contributed by atoms with Crippen molar-refractivity contribution in [1.82, 2.24) is 0 Å². The van der Waals surface area contributed by atoms with Crippen molar-refractivity contribution in [2.24, 2.45) is 5.73 Å². The number of carbonyl (C=O) groups is 2. The molecule has 0 aromatic heterocycles. The van der Waals surface area contributed by atoms with Crippen molar-refractivity contribution in [3.8, 4) is 0 Å². The summed E-state index contributed by atoms with van der Waals surface area (Å²) in [6, 6.07) is 6.93. The highest BCUT2D eigenvalue weighted by atomic mass is 16.5. The Morgan fingerprint density at radius 3 is 2.10 bits per heavy atom. The van der Waals surface area contributed by atoms with Gasteiger partial charge in [0.05, 0.1) is 0 Å².